The molecule has 0 spiro atoms. The summed E-state index contributed by atoms with van der Waals surface area (Å²) < 4.78 is 0. The first kappa shape index (κ1) is 21.6. The number of carbonyl (C=O) groups excluding carboxylic acids is 1. The zero-order chi connectivity index (χ0) is 21.5. The van der Waals surface area contributed by atoms with Gasteiger partial charge in [0, 0.05) is 29.1 Å². The molecule has 1 amide bonds. The summed E-state index contributed by atoms with van der Waals surface area (Å²) in [5.41, 5.74) is 3.31. The molecule has 0 aliphatic carbocycles. The highest BCUT2D eigenvalue weighted by atomic mass is 35.5. The first-order valence-electron chi connectivity index (χ1n) is 11.0. The predicted molar refractivity (Wildman–Crippen MR) is 128 cm³/mol. The van der Waals surface area contributed by atoms with Crippen molar-refractivity contribution in [2.45, 2.75) is 24.7 Å². The van der Waals surface area contributed by atoms with E-state index < -0.39 is 0 Å². The number of nitrogens with one attached hydrogen (secondary N) is 1. The number of benzene rings is 3. The molecule has 0 aromatic heterocycles. The lowest BCUT2D eigenvalue weighted by Crippen LogP contribution is -2.49. The highest BCUT2D eigenvalue weighted by molar-refractivity contribution is 6.30. The molecule has 3 aromatic carbocycles. The summed E-state index contributed by atoms with van der Waals surface area (Å²) in [5.74, 6) is -0.0431. The summed E-state index contributed by atoms with van der Waals surface area (Å²) in [5, 5.41) is 3.84. The van der Waals surface area contributed by atoms with E-state index in [1.807, 2.05) is 0 Å². The molecule has 0 atom stereocenters. The number of carbonyl (C=O) groups is 1. The maximum absolute atomic E-state index is 12.7. The van der Waals surface area contributed by atoms with E-state index in [2.05, 4.69) is 70.9 Å². The van der Waals surface area contributed by atoms with Gasteiger partial charge < -0.3 is 10.2 Å². The summed E-state index contributed by atoms with van der Waals surface area (Å²) in [6.45, 7) is 3.80. The Balaban J connectivity index is 1.41. The van der Waals surface area contributed by atoms with Crippen molar-refractivity contribution in [3.8, 4) is 0 Å². The second-order valence-electron chi connectivity index (χ2n) is 8.41. The molecule has 3 aromatic rings. The molecule has 4 heteroatoms. The zero-order valence-electron chi connectivity index (χ0n) is 17.8. The van der Waals surface area contributed by atoms with Crippen LogP contribution in [0.4, 0.5) is 0 Å². The second-order valence-corrected chi connectivity index (χ2v) is 8.85. The topological polar surface area (TPSA) is 32.3 Å². The van der Waals surface area contributed by atoms with Gasteiger partial charge in [-0.05, 0) is 67.7 Å². The van der Waals surface area contributed by atoms with Crippen molar-refractivity contribution in [1.82, 2.24) is 10.2 Å². The van der Waals surface area contributed by atoms with E-state index in [4.69, 9.17) is 11.6 Å². The van der Waals surface area contributed by atoms with Crippen molar-refractivity contribution in [3.05, 3.63) is 107 Å². The molecule has 1 N–H and O–H groups in total. The maximum atomic E-state index is 12.7. The van der Waals surface area contributed by atoms with Crippen LogP contribution in [0.15, 0.2) is 84.9 Å². The fraction of sp³-hybridized carbons (Fsp3) is 0.296. The molecule has 1 aliphatic heterocycles. The molecule has 0 saturated carbocycles. The van der Waals surface area contributed by atoms with Crippen molar-refractivity contribution in [1.29, 1.82) is 0 Å². The SMILES string of the molecule is O=C(NCC1(c2ccccc2)CCN(CCc2ccccc2)CC1)c1ccc(Cl)cc1. The number of hydrogen-bond acceptors (Lipinski definition) is 2. The predicted octanol–water partition coefficient (Wildman–Crippen LogP) is 5.35. The monoisotopic (exact) mass is 432 g/mol. The zero-order valence-corrected chi connectivity index (χ0v) is 18.5. The van der Waals surface area contributed by atoms with Crippen LogP contribution in [0.3, 0.4) is 0 Å². The fourth-order valence-electron chi connectivity index (χ4n) is 4.45. The number of rotatable bonds is 7. The largest absolute Gasteiger partial charge is 0.351 e. The Morgan fingerprint density at radius 3 is 2.13 bits per heavy atom. The second kappa shape index (κ2) is 10.1. The summed E-state index contributed by atoms with van der Waals surface area (Å²) in [7, 11) is 0. The minimum absolute atomic E-state index is 0.0351. The van der Waals surface area contributed by atoms with Gasteiger partial charge in [0.05, 0.1) is 0 Å². The third kappa shape index (κ3) is 5.55. The van der Waals surface area contributed by atoms with Gasteiger partial charge in [-0.3, -0.25) is 4.79 Å². The lowest BCUT2D eigenvalue weighted by Gasteiger charge is -2.42. The van der Waals surface area contributed by atoms with E-state index >= 15 is 0 Å². The summed E-state index contributed by atoms with van der Waals surface area (Å²) in [6, 6.07) is 28.4. The van der Waals surface area contributed by atoms with Gasteiger partial charge in [0.1, 0.15) is 0 Å². The van der Waals surface area contributed by atoms with Gasteiger partial charge in [0.2, 0.25) is 0 Å². The third-order valence-corrected chi connectivity index (χ3v) is 6.70. The molecule has 1 saturated heterocycles. The van der Waals surface area contributed by atoms with Gasteiger partial charge >= 0.3 is 0 Å². The smallest absolute Gasteiger partial charge is 0.251 e. The van der Waals surface area contributed by atoms with Crippen LogP contribution in [0, 0.1) is 0 Å². The van der Waals surface area contributed by atoms with Crippen molar-refractivity contribution < 1.29 is 4.79 Å². The Morgan fingerprint density at radius 1 is 0.871 bits per heavy atom. The molecule has 1 fully saturated rings. The van der Waals surface area contributed by atoms with E-state index in [-0.39, 0.29) is 11.3 Å². The van der Waals surface area contributed by atoms with E-state index in [0.717, 1.165) is 38.9 Å². The molecule has 31 heavy (non-hydrogen) atoms. The minimum Gasteiger partial charge on any atom is -0.351 e. The average molecular weight is 433 g/mol. The van der Waals surface area contributed by atoms with E-state index in [1.165, 1.54) is 11.1 Å². The molecule has 160 valence electrons. The Morgan fingerprint density at radius 2 is 1.48 bits per heavy atom. The van der Waals surface area contributed by atoms with E-state index in [9.17, 15) is 4.79 Å². The van der Waals surface area contributed by atoms with Gasteiger partial charge in [0.15, 0.2) is 0 Å². The fourth-order valence-corrected chi connectivity index (χ4v) is 4.57. The van der Waals surface area contributed by atoms with Crippen LogP contribution >= 0.6 is 11.6 Å². The van der Waals surface area contributed by atoms with Crippen LogP contribution in [0.5, 0.6) is 0 Å². The molecule has 0 bridgehead atoms. The highest BCUT2D eigenvalue weighted by Gasteiger charge is 2.36. The Kier molecular flexibility index (Phi) is 7.06. The number of nitrogens with zero attached hydrogens (tertiary/aromatic N) is 1. The van der Waals surface area contributed by atoms with E-state index in [0.29, 0.717) is 17.1 Å². The number of likely N-dealkylation sites (tertiary alicyclic amines) is 1. The van der Waals surface area contributed by atoms with Crippen molar-refractivity contribution in [3.63, 3.8) is 0 Å². The molecule has 0 radical (unpaired) electrons. The molecule has 3 nitrogen and oxygen atoms in total. The Hall–Kier alpha value is -2.62. The Bertz CT molecular complexity index is 965. The van der Waals surface area contributed by atoms with Crippen LogP contribution in [-0.4, -0.2) is 37.0 Å². The standard InChI is InChI=1S/C27H29ClN2O/c28-25-13-11-23(12-14-25)26(31)29-21-27(24-9-5-2-6-10-24)16-19-30(20-17-27)18-15-22-7-3-1-4-8-22/h1-14H,15-21H2,(H,29,31). The summed E-state index contributed by atoms with van der Waals surface area (Å²) in [6.07, 6.45) is 3.14. The molecular formula is C27H29ClN2O. The summed E-state index contributed by atoms with van der Waals surface area (Å²) >= 11 is 5.96. The average Bonchev–Trinajstić information content (AvgIpc) is 2.83. The van der Waals surface area contributed by atoms with Gasteiger partial charge in [0.25, 0.3) is 5.91 Å². The molecular weight excluding hydrogens is 404 g/mol. The van der Waals surface area contributed by atoms with Gasteiger partial charge in [-0.25, -0.2) is 0 Å². The number of piperidine rings is 1. The van der Waals surface area contributed by atoms with Crippen molar-refractivity contribution in [2.24, 2.45) is 0 Å². The van der Waals surface area contributed by atoms with E-state index in [1.54, 1.807) is 24.3 Å². The van der Waals surface area contributed by atoms with Crippen LogP contribution in [-0.2, 0) is 11.8 Å². The number of halogens is 1. The third-order valence-electron chi connectivity index (χ3n) is 6.45. The van der Waals surface area contributed by atoms with Crippen molar-refractivity contribution in [2.75, 3.05) is 26.2 Å². The quantitative estimate of drug-likeness (QED) is 0.546. The number of hydrogen-bond donors (Lipinski definition) is 1. The number of amides is 1. The first-order chi connectivity index (χ1) is 15.1. The molecule has 1 heterocycles. The molecule has 4 rings (SSSR count). The molecule has 1 aliphatic rings. The van der Waals surface area contributed by atoms with Crippen molar-refractivity contribution >= 4 is 17.5 Å². The lowest BCUT2D eigenvalue weighted by atomic mass is 9.72. The molecule has 0 unspecified atom stereocenters. The van der Waals surface area contributed by atoms with Gasteiger partial charge in [-0.15, -0.1) is 0 Å². The van der Waals surface area contributed by atoms with Gasteiger partial charge in [-0.1, -0.05) is 72.3 Å². The van der Waals surface area contributed by atoms with Gasteiger partial charge in [-0.2, -0.15) is 0 Å². The highest BCUT2D eigenvalue weighted by Crippen LogP contribution is 2.35. The summed E-state index contributed by atoms with van der Waals surface area (Å²) in [4.78, 5) is 15.3. The lowest BCUT2D eigenvalue weighted by molar-refractivity contribution is 0.0922. The minimum atomic E-state index is -0.0431. The van der Waals surface area contributed by atoms with Crippen LogP contribution < -0.4 is 5.32 Å². The van der Waals surface area contributed by atoms with Crippen LogP contribution in [0.1, 0.15) is 34.3 Å². The maximum Gasteiger partial charge on any atom is 0.251 e. The van der Waals surface area contributed by atoms with Crippen LogP contribution in [0.25, 0.3) is 0 Å². The first-order valence-corrected chi connectivity index (χ1v) is 11.4. The normalized spacial score (nSPS) is 16.0. The van der Waals surface area contributed by atoms with Crippen LogP contribution in [0.2, 0.25) is 5.02 Å². The Labute approximate surface area is 190 Å².